The van der Waals surface area contributed by atoms with Crippen LogP contribution >= 0.6 is 0 Å². The quantitative estimate of drug-likeness (QED) is 0.548. The smallest absolute Gasteiger partial charge is 0.279 e. The first kappa shape index (κ1) is 15.7. The molecule has 0 amide bonds. The zero-order chi connectivity index (χ0) is 14.3. The van der Waals surface area contributed by atoms with Crippen molar-refractivity contribution in [3.05, 3.63) is 24.3 Å². The Morgan fingerprint density at radius 2 is 1.79 bits per heavy atom. The molecule has 0 atom stereocenters. The summed E-state index contributed by atoms with van der Waals surface area (Å²) in [7, 11) is -3.40. The number of rotatable bonds is 8. The average Bonchev–Trinajstić information content (AvgIpc) is 2.38. The van der Waals surface area contributed by atoms with Gasteiger partial charge in [-0.25, -0.2) is 0 Å². The van der Waals surface area contributed by atoms with Gasteiger partial charge < -0.3 is 10.5 Å². The fourth-order valence-electron chi connectivity index (χ4n) is 1.56. The summed E-state index contributed by atoms with van der Waals surface area (Å²) in [5.41, 5.74) is 6.21. The lowest BCUT2D eigenvalue weighted by Crippen LogP contribution is -2.41. The highest BCUT2D eigenvalue weighted by Crippen LogP contribution is 2.12. The molecule has 1 aromatic rings. The van der Waals surface area contributed by atoms with E-state index in [4.69, 9.17) is 10.5 Å². The van der Waals surface area contributed by atoms with Crippen LogP contribution in [-0.2, 0) is 10.2 Å². The molecule has 0 aliphatic rings. The van der Waals surface area contributed by atoms with Gasteiger partial charge in [0.2, 0.25) is 0 Å². The third-order valence-electron chi connectivity index (χ3n) is 2.58. The van der Waals surface area contributed by atoms with Crippen LogP contribution in [-0.4, -0.2) is 39.0 Å². The molecule has 0 aliphatic heterocycles. The van der Waals surface area contributed by atoms with Gasteiger partial charge in [0.15, 0.2) is 0 Å². The molecule has 0 saturated heterocycles. The molecule has 0 unspecified atom stereocenters. The van der Waals surface area contributed by atoms with Crippen LogP contribution in [0.5, 0.6) is 5.75 Å². The van der Waals surface area contributed by atoms with E-state index in [9.17, 15) is 8.42 Å². The van der Waals surface area contributed by atoms with Crippen LogP contribution < -0.4 is 15.2 Å². The van der Waals surface area contributed by atoms with Crippen LogP contribution in [0.1, 0.15) is 13.8 Å². The van der Waals surface area contributed by atoms with E-state index in [2.05, 4.69) is 4.72 Å². The molecular weight excluding hydrogens is 266 g/mol. The molecule has 0 aliphatic carbocycles. The number of hydrogen-bond donors (Lipinski definition) is 2. The maximum atomic E-state index is 11.8. The first-order valence-corrected chi connectivity index (χ1v) is 7.66. The monoisotopic (exact) mass is 287 g/mol. The Hall–Kier alpha value is -1.31. The van der Waals surface area contributed by atoms with Gasteiger partial charge in [0.05, 0.1) is 0 Å². The van der Waals surface area contributed by atoms with Gasteiger partial charge in [-0.05, 0) is 24.3 Å². The van der Waals surface area contributed by atoms with Crippen molar-refractivity contribution in [2.75, 3.05) is 32.0 Å². The van der Waals surface area contributed by atoms with Gasteiger partial charge in [0.25, 0.3) is 10.2 Å². The second-order valence-electron chi connectivity index (χ2n) is 3.90. The van der Waals surface area contributed by atoms with Crippen molar-refractivity contribution in [3.8, 4) is 5.75 Å². The third kappa shape index (κ3) is 5.06. The van der Waals surface area contributed by atoms with E-state index in [1.165, 1.54) is 4.31 Å². The third-order valence-corrected chi connectivity index (χ3v) is 4.35. The number of benzene rings is 1. The largest absolute Gasteiger partial charge is 0.492 e. The number of nitrogen functional groups attached to an aromatic ring is 1. The van der Waals surface area contributed by atoms with Crippen molar-refractivity contribution in [3.63, 3.8) is 0 Å². The highest BCUT2D eigenvalue weighted by molar-refractivity contribution is 7.87. The lowest BCUT2D eigenvalue weighted by atomic mass is 10.3. The SMILES string of the molecule is CCN(CC)S(=O)(=O)NCCOc1ccc(N)cc1. The van der Waals surface area contributed by atoms with Crippen molar-refractivity contribution in [1.82, 2.24) is 9.03 Å². The maximum Gasteiger partial charge on any atom is 0.279 e. The van der Waals surface area contributed by atoms with E-state index in [1.54, 1.807) is 38.1 Å². The van der Waals surface area contributed by atoms with Gasteiger partial charge in [-0.15, -0.1) is 0 Å². The summed E-state index contributed by atoms with van der Waals surface area (Å²) in [4.78, 5) is 0. The van der Waals surface area contributed by atoms with Crippen molar-refractivity contribution >= 4 is 15.9 Å². The molecule has 19 heavy (non-hydrogen) atoms. The van der Waals surface area contributed by atoms with E-state index >= 15 is 0 Å². The fraction of sp³-hybridized carbons (Fsp3) is 0.500. The Morgan fingerprint density at radius 1 is 1.21 bits per heavy atom. The maximum absolute atomic E-state index is 11.8. The second kappa shape index (κ2) is 7.32. The molecule has 0 radical (unpaired) electrons. The Balaban J connectivity index is 2.36. The predicted octanol–water partition coefficient (Wildman–Crippen LogP) is 0.824. The number of hydrogen-bond acceptors (Lipinski definition) is 4. The summed E-state index contributed by atoms with van der Waals surface area (Å²) < 4.78 is 32.8. The molecular formula is C12H21N3O3S. The van der Waals surface area contributed by atoms with Crippen molar-refractivity contribution in [2.24, 2.45) is 0 Å². The van der Waals surface area contributed by atoms with Crippen molar-refractivity contribution < 1.29 is 13.2 Å². The van der Waals surface area contributed by atoms with Gasteiger partial charge >= 0.3 is 0 Å². The van der Waals surface area contributed by atoms with Gasteiger partial charge in [0, 0.05) is 25.3 Å². The molecule has 0 saturated carbocycles. The van der Waals surface area contributed by atoms with Crippen molar-refractivity contribution in [2.45, 2.75) is 13.8 Å². The molecule has 0 spiro atoms. The zero-order valence-electron chi connectivity index (χ0n) is 11.3. The zero-order valence-corrected chi connectivity index (χ0v) is 12.1. The summed E-state index contributed by atoms with van der Waals surface area (Å²) in [5.74, 6) is 0.663. The molecule has 7 heteroatoms. The van der Waals surface area contributed by atoms with Gasteiger partial charge in [-0.3, -0.25) is 0 Å². The predicted molar refractivity (Wildman–Crippen MR) is 76.2 cm³/mol. The van der Waals surface area contributed by atoms with E-state index < -0.39 is 10.2 Å². The average molecular weight is 287 g/mol. The van der Waals surface area contributed by atoms with E-state index in [1.807, 2.05) is 0 Å². The van der Waals surface area contributed by atoms with Crippen LogP contribution in [0.3, 0.4) is 0 Å². The second-order valence-corrected chi connectivity index (χ2v) is 5.66. The first-order chi connectivity index (χ1) is 8.99. The highest BCUT2D eigenvalue weighted by atomic mass is 32.2. The molecule has 108 valence electrons. The standard InChI is InChI=1S/C12H21N3O3S/c1-3-15(4-2)19(16,17)14-9-10-18-12-7-5-11(13)6-8-12/h5-8,14H,3-4,9-10,13H2,1-2H3. The topological polar surface area (TPSA) is 84.7 Å². The summed E-state index contributed by atoms with van der Waals surface area (Å²) in [5, 5.41) is 0. The highest BCUT2D eigenvalue weighted by Gasteiger charge is 2.17. The molecule has 1 aromatic carbocycles. The van der Waals surface area contributed by atoms with Crippen LogP contribution in [0.25, 0.3) is 0 Å². The summed E-state index contributed by atoms with van der Waals surface area (Å²) in [6.07, 6.45) is 0. The van der Waals surface area contributed by atoms with Crippen LogP contribution in [0.2, 0.25) is 0 Å². The summed E-state index contributed by atoms with van der Waals surface area (Å²) in [6.45, 7) is 4.99. The minimum absolute atomic E-state index is 0.225. The van der Waals surface area contributed by atoms with Gasteiger partial charge in [0.1, 0.15) is 12.4 Å². The van der Waals surface area contributed by atoms with E-state index in [0.29, 0.717) is 24.5 Å². The Bertz CT molecular complexity index is 469. The molecule has 0 heterocycles. The molecule has 0 aromatic heterocycles. The van der Waals surface area contributed by atoms with Gasteiger partial charge in [-0.1, -0.05) is 13.8 Å². The van der Waals surface area contributed by atoms with Crippen molar-refractivity contribution in [1.29, 1.82) is 0 Å². The van der Waals surface area contributed by atoms with Gasteiger partial charge in [-0.2, -0.15) is 17.4 Å². The van der Waals surface area contributed by atoms with Crippen LogP contribution in [0, 0.1) is 0 Å². The molecule has 0 bridgehead atoms. The minimum Gasteiger partial charge on any atom is -0.492 e. The molecule has 0 fully saturated rings. The number of nitrogens with one attached hydrogen (secondary N) is 1. The lowest BCUT2D eigenvalue weighted by Gasteiger charge is -2.18. The number of anilines is 1. The number of ether oxygens (including phenoxy) is 1. The number of nitrogens with two attached hydrogens (primary N) is 1. The minimum atomic E-state index is -3.40. The van der Waals surface area contributed by atoms with Crippen LogP contribution in [0.15, 0.2) is 24.3 Å². The Labute approximate surface area is 114 Å². The molecule has 1 rings (SSSR count). The normalized spacial score (nSPS) is 11.7. The molecule has 3 N–H and O–H groups in total. The summed E-state index contributed by atoms with van der Waals surface area (Å²) in [6, 6.07) is 6.95. The van der Waals surface area contributed by atoms with E-state index in [0.717, 1.165) is 0 Å². The summed E-state index contributed by atoms with van der Waals surface area (Å²) >= 11 is 0. The molecule has 6 nitrogen and oxygen atoms in total. The van der Waals surface area contributed by atoms with E-state index in [-0.39, 0.29) is 13.2 Å². The Morgan fingerprint density at radius 3 is 2.32 bits per heavy atom. The first-order valence-electron chi connectivity index (χ1n) is 6.22. The fourth-order valence-corrected chi connectivity index (χ4v) is 2.76. The lowest BCUT2D eigenvalue weighted by molar-refractivity contribution is 0.320. The Kier molecular flexibility index (Phi) is 6.07. The number of nitrogens with zero attached hydrogens (tertiary/aromatic N) is 1. The van der Waals surface area contributed by atoms with Crippen LogP contribution in [0.4, 0.5) is 5.69 Å².